The van der Waals surface area contributed by atoms with Crippen LogP contribution < -0.4 is 21.9 Å². The summed E-state index contributed by atoms with van der Waals surface area (Å²) in [5.74, 6) is -1.14. The molecule has 0 radical (unpaired) electrons. The van der Waals surface area contributed by atoms with Crippen LogP contribution in [0.2, 0.25) is 0 Å². The van der Waals surface area contributed by atoms with E-state index >= 15 is 0 Å². The Morgan fingerprint density at radius 1 is 1.03 bits per heavy atom. The number of imidazole rings is 1. The summed E-state index contributed by atoms with van der Waals surface area (Å²) in [4.78, 5) is 68.3. The van der Waals surface area contributed by atoms with E-state index in [0.717, 1.165) is 4.57 Å². The molecule has 1 amide bonds. The summed E-state index contributed by atoms with van der Waals surface area (Å²) in [5, 5.41) is 5.74. The lowest BCUT2D eigenvalue weighted by molar-refractivity contribution is -0.146. The highest BCUT2D eigenvalue weighted by atomic mass is 16.5. The van der Waals surface area contributed by atoms with Crippen molar-refractivity contribution < 1.29 is 23.9 Å². The van der Waals surface area contributed by atoms with Crippen LogP contribution in [0, 0.1) is 0 Å². The molecule has 1 atom stereocenters. The zero-order chi connectivity index (χ0) is 27.1. The van der Waals surface area contributed by atoms with Gasteiger partial charge in [0.1, 0.15) is 17.4 Å². The first-order valence-electron chi connectivity index (χ1n) is 11.8. The summed E-state index contributed by atoms with van der Waals surface area (Å²) in [6.45, 7) is 3.94. The number of ether oxygens (including phenoxy) is 2. The quantitative estimate of drug-likeness (QED) is 0.310. The average molecular weight is 515 g/mol. The molecular weight excluding hydrogens is 484 g/mol. The maximum Gasteiger partial charge on any atom is 0.332 e. The molecule has 0 spiro atoms. The second kappa shape index (κ2) is 12.0. The van der Waals surface area contributed by atoms with E-state index in [1.54, 1.807) is 38.1 Å². The fraction of sp³-hybridized carbons (Fsp3) is 0.417. The topological polar surface area (TPSA) is 166 Å². The van der Waals surface area contributed by atoms with Crippen molar-refractivity contribution in [3.05, 3.63) is 56.5 Å². The second-order valence-electron chi connectivity index (χ2n) is 8.14. The van der Waals surface area contributed by atoms with Crippen LogP contribution in [0.4, 0.5) is 5.69 Å². The van der Waals surface area contributed by atoms with Crippen molar-refractivity contribution in [1.82, 2.24) is 24.4 Å². The van der Waals surface area contributed by atoms with Crippen LogP contribution in [0.3, 0.4) is 0 Å². The lowest BCUT2D eigenvalue weighted by Gasteiger charge is -2.17. The van der Waals surface area contributed by atoms with Gasteiger partial charge in [0, 0.05) is 31.8 Å². The number of H-pyrrole nitrogens is 1. The highest BCUT2D eigenvalue weighted by Gasteiger charge is 2.24. The van der Waals surface area contributed by atoms with Crippen molar-refractivity contribution in [2.24, 2.45) is 14.1 Å². The smallest absolute Gasteiger partial charge is 0.332 e. The van der Waals surface area contributed by atoms with Crippen LogP contribution in [0.15, 0.2) is 33.9 Å². The molecule has 13 heteroatoms. The number of carbonyl (C=O) groups is 3. The summed E-state index contributed by atoms with van der Waals surface area (Å²) < 4.78 is 12.2. The fourth-order valence-corrected chi connectivity index (χ4v) is 3.61. The Kier molecular flexibility index (Phi) is 8.82. The summed E-state index contributed by atoms with van der Waals surface area (Å²) >= 11 is 0. The minimum Gasteiger partial charge on any atom is -0.466 e. The summed E-state index contributed by atoms with van der Waals surface area (Å²) in [7, 11) is 2.94. The molecule has 3 N–H and O–H groups in total. The van der Waals surface area contributed by atoms with E-state index in [1.165, 1.54) is 18.7 Å². The van der Waals surface area contributed by atoms with Gasteiger partial charge in [-0.3, -0.25) is 23.5 Å². The van der Waals surface area contributed by atoms with Gasteiger partial charge in [0.25, 0.3) is 11.5 Å². The molecule has 37 heavy (non-hydrogen) atoms. The zero-order valence-electron chi connectivity index (χ0n) is 21.1. The Bertz CT molecular complexity index is 1400. The number of benzene rings is 1. The van der Waals surface area contributed by atoms with Crippen molar-refractivity contribution in [1.29, 1.82) is 0 Å². The Labute approximate surface area is 211 Å². The lowest BCUT2D eigenvalue weighted by Crippen LogP contribution is -2.42. The molecular formula is C24H30N6O7. The fourth-order valence-electron chi connectivity index (χ4n) is 3.61. The number of nitrogens with one attached hydrogen (secondary N) is 3. The van der Waals surface area contributed by atoms with Crippen LogP contribution in [0.5, 0.6) is 0 Å². The van der Waals surface area contributed by atoms with E-state index in [-0.39, 0.29) is 43.8 Å². The number of nitrogens with zero attached hydrogens (tertiary/aromatic N) is 3. The standard InChI is InChI=1S/C24H30N6O7/c1-5-36-18(31)12-11-16(23(34)37-6-2)26-21(32)14-7-9-15(10-8-14)25-13-17-27-19-20(28-17)29(3)24(35)30(4)22(19)33/h7-10,16,25H,5-6,11-13H2,1-4H3,(H,26,32)(H,27,28)/t16-/m1/s1. The predicted molar refractivity (Wildman–Crippen MR) is 134 cm³/mol. The highest BCUT2D eigenvalue weighted by Crippen LogP contribution is 2.13. The van der Waals surface area contributed by atoms with Gasteiger partial charge in [-0.2, -0.15) is 0 Å². The molecule has 1 aromatic carbocycles. The molecule has 0 unspecified atom stereocenters. The number of anilines is 1. The van der Waals surface area contributed by atoms with E-state index in [9.17, 15) is 24.0 Å². The van der Waals surface area contributed by atoms with E-state index in [0.29, 0.717) is 17.1 Å². The molecule has 13 nitrogen and oxygen atoms in total. The normalized spacial score (nSPS) is 11.7. The molecule has 0 aliphatic carbocycles. The predicted octanol–water partition coefficient (Wildman–Crippen LogP) is 0.577. The number of amides is 1. The SMILES string of the molecule is CCOC(=O)CC[C@@H](NC(=O)c1ccc(NCc2nc3c([nH]2)c(=O)n(C)c(=O)n3C)cc1)C(=O)OCC. The van der Waals surface area contributed by atoms with Crippen LogP contribution >= 0.6 is 0 Å². The van der Waals surface area contributed by atoms with Gasteiger partial charge in [-0.15, -0.1) is 0 Å². The number of carbonyl (C=O) groups excluding carboxylic acids is 3. The molecule has 2 heterocycles. The van der Waals surface area contributed by atoms with E-state index in [1.807, 2.05) is 0 Å². The third-order valence-electron chi connectivity index (χ3n) is 5.57. The van der Waals surface area contributed by atoms with Crippen LogP contribution in [-0.4, -0.2) is 56.2 Å². The molecule has 2 aromatic heterocycles. The molecule has 0 aliphatic rings. The van der Waals surface area contributed by atoms with Crippen LogP contribution in [0.25, 0.3) is 11.2 Å². The molecule has 0 fully saturated rings. The van der Waals surface area contributed by atoms with Crippen molar-refractivity contribution in [2.45, 2.75) is 39.3 Å². The maximum atomic E-state index is 12.7. The monoisotopic (exact) mass is 514 g/mol. The number of aromatic nitrogens is 4. The Balaban J connectivity index is 1.65. The third-order valence-corrected chi connectivity index (χ3v) is 5.57. The van der Waals surface area contributed by atoms with Gasteiger partial charge in [0.05, 0.1) is 19.8 Å². The van der Waals surface area contributed by atoms with Crippen LogP contribution in [-0.2, 0) is 39.7 Å². The van der Waals surface area contributed by atoms with Crippen molar-refractivity contribution in [3.63, 3.8) is 0 Å². The minimum absolute atomic E-state index is 0.0392. The maximum absolute atomic E-state index is 12.7. The van der Waals surface area contributed by atoms with Gasteiger partial charge in [-0.25, -0.2) is 14.6 Å². The molecule has 3 rings (SSSR count). The van der Waals surface area contributed by atoms with Gasteiger partial charge < -0.3 is 25.1 Å². The first kappa shape index (κ1) is 27.2. The summed E-state index contributed by atoms with van der Waals surface area (Å²) in [6.07, 6.45) is 0.0117. The average Bonchev–Trinajstić information content (AvgIpc) is 3.32. The van der Waals surface area contributed by atoms with E-state index in [2.05, 4.69) is 20.6 Å². The molecule has 3 aromatic rings. The minimum atomic E-state index is -0.994. The second-order valence-corrected chi connectivity index (χ2v) is 8.14. The van der Waals surface area contributed by atoms with E-state index in [4.69, 9.17) is 9.47 Å². The van der Waals surface area contributed by atoms with Gasteiger partial charge in [0.2, 0.25) is 0 Å². The molecule has 198 valence electrons. The Morgan fingerprint density at radius 2 is 1.70 bits per heavy atom. The largest absolute Gasteiger partial charge is 0.466 e. The number of hydrogen-bond acceptors (Lipinski definition) is 9. The number of hydrogen-bond donors (Lipinski definition) is 3. The van der Waals surface area contributed by atoms with Gasteiger partial charge in [-0.1, -0.05) is 0 Å². The van der Waals surface area contributed by atoms with Crippen molar-refractivity contribution >= 4 is 34.7 Å². The number of rotatable bonds is 11. The first-order valence-corrected chi connectivity index (χ1v) is 11.8. The zero-order valence-corrected chi connectivity index (χ0v) is 21.1. The molecule has 0 saturated heterocycles. The van der Waals surface area contributed by atoms with Gasteiger partial charge >= 0.3 is 17.6 Å². The third kappa shape index (κ3) is 6.42. The highest BCUT2D eigenvalue weighted by molar-refractivity contribution is 5.97. The number of esters is 2. The molecule has 0 saturated carbocycles. The number of aromatic amines is 1. The first-order chi connectivity index (χ1) is 17.7. The van der Waals surface area contributed by atoms with Gasteiger partial charge in [0.15, 0.2) is 5.65 Å². The van der Waals surface area contributed by atoms with E-state index < -0.39 is 35.1 Å². The van der Waals surface area contributed by atoms with Crippen molar-refractivity contribution in [2.75, 3.05) is 18.5 Å². The summed E-state index contributed by atoms with van der Waals surface area (Å²) in [5.41, 5.74) is 0.531. The van der Waals surface area contributed by atoms with Crippen molar-refractivity contribution in [3.8, 4) is 0 Å². The number of aryl methyl sites for hydroxylation is 1. The summed E-state index contributed by atoms with van der Waals surface area (Å²) in [6, 6.07) is 5.49. The van der Waals surface area contributed by atoms with Crippen LogP contribution in [0.1, 0.15) is 42.9 Å². The lowest BCUT2D eigenvalue weighted by atomic mass is 10.1. The molecule has 0 aliphatic heterocycles. The molecule has 0 bridgehead atoms. The number of fused-ring (bicyclic) bond motifs is 1. The Morgan fingerprint density at radius 3 is 2.35 bits per heavy atom. The Hall–Kier alpha value is -4.42. The van der Waals surface area contributed by atoms with Gasteiger partial charge in [-0.05, 0) is 44.5 Å².